The van der Waals surface area contributed by atoms with E-state index >= 15 is 0 Å². The Labute approximate surface area is 135 Å². The van der Waals surface area contributed by atoms with E-state index in [9.17, 15) is 14.4 Å². The van der Waals surface area contributed by atoms with Gasteiger partial charge in [0.1, 0.15) is 0 Å². The number of carbonyl (C=O) groups is 1. The van der Waals surface area contributed by atoms with E-state index in [4.69, 9.17) is 16.7 Å². The van der Waals surface area contributed by atoms with Gasteiger partial charge in [-0.3, -0.25) is 14.2 Å². The van der Waals surface area contributed by atoms with Gasteiger partial charge in [-0.05, 0) is 31.7 Å². The number of H-pyrrole nitrogens is 1. The van der Waals surface area contributed by atoms with Crippen LogP contribution in [0.5, 0.6) is 0 Å². The molecule has 0 radical (unpaired) electrons. The molecule has 2 aromatic heterocycles. The summed E-state index contributed by atoms with van der Waals surface area (Å²) in [6, 6.07) is 1.24. The Hall–Kier alpha value is -2.35. The summed E-state index contributed by atoms with van der Waals surface area (Å²) in [6.07, 6.45) is 2.76. The molecule has 0 bridgehead atoms. The lowest BCUT2D eigenvalue weighted by atomic mass is 9.91. The van der Waals surface area contributed by atoms with Gasteiger partial charge in [-0.1, -0.05) is 11.6 Å². The van der Waals surface area contributed by atoms with Gasteiger partial charge in [0.2, 0.25) is 0 Å². The van der Waals surface area contributed by atoms with Gasteiger partial charge in [-0.15, -0.1) is 0 Å². The highest BCUT2D eigenvalue weighted by atomic mass is 35.5. The first kappa shape index (κ1) is 15.5. The van der Waals surface area contributed by atoms with Gasteiger partial charge in [-0.2, -0.15) is 0 Å². The highest BCUT2D eigenvalue weighted by molar-refractivity contribution is 6.30. The summed E-state index contributed by atoms with van der Waals surface area (Å²) in [5.74, 6) is 0. The first-order valence-electron chi connectivity index (χ1n) is 7.25. The SMILES string of the molecule is O=C(O)NC1CCC(n2c(=O)c(=O)[nH]c3cc(Cl)cnc32)CC1. The molecule has 0 aliphatic heterocycles. The zero-order valence-corrected chi connectivity index (χ0v) is 12.8. The van der Waals surface area contributed by atoms with Crippen molar-refractivity contribution < 1.29 is 9.90 Å². The summed E-state index contributed by atoms with van der Waals surface area (Å²) < 4.78 is 1.40. The van der Waals surface area contributed by atoms with Crippen molar-refractivity contribution in [3.8, 4) is 0 Å². The van der Waals surface area contributed by atoms with Crippen molar-refractivity contribution in [2.45, 2.75) is 37.8 Å². The average Bonchev–Trinajstić information content (AvgIpc) is 2.49. The third kappa shape index (κ3) is 3.07. The molecule has 23 heavy (non-hydrogen) atoms. The third-order valence-electron chi connectivity index (χ3n) is 4.11. The van der Waals surface area contributed by atoms with Gasteiger partial charge in [-0.25, -0.2) is 9.78 Å². The van der Waals surface area contributed by atoms with Crippen LogP contribution in [-0.4, -0.2) is 31.8 Å². The van der Waals surface area contributed by atoms with E-state index < -0.39 is 17.2 Å². The molecule has 0 aromatic carbocycles. The van der Waals surface area contributed by atoms with Gasteiger partial charge in [0.25, 0.3) is 0 Å². The monoisotopic (exact) mass is 338 g/mol. The summed E-state index contributed by atoms with van der Waals surface area (Å²) in [5, 5.41) is 11.6. The highest BCUT2D eigenvalue weighted by Crippen LogP contribution is 2.29. The molecule has 2 aromatic rings. The van der Waals surface area contributed by atoms with E-state index in [-0.39, 0.29) is 12.1 Å². The van der Waals surface area contributed by atoms with Crippen LogP contribution in [-0.2, 0) is 0 Å². The number of rotatable bonds is 2. The maximum atomic E-state index is 12.3. The minimum atomic E-state index is -1.05. The smallest absolute Gasteiger partial charge is 0.404 e. The molecule has 0 atom stereocenters. The van der Waals surface area contributed by atoms with Crippen molar-refractivity contribution in [2.24, 2.45) is 0 Å². The van der Waals surface area contributed by atoms with Crippen LogP contribution in [0.25, 0.3) is 11.2 Å². The Bertz CT molecular complexity index is 867. The van der Waals surface area contributed by atoms with E-state index in [0.29, 0.717) is 41.9 Å². The molecular formula is C14H15ClN4O4. The lowest BCUT2D eigenvalue weighted by molar-refractivity contribution is 0.182. The Kier molecular flexibility index (Phi) is 4.08. The van der Waals surface area contributed by atoms with Crippen LogP contribution in [0.4, 0.5) is 4.79 Å². The summed E-state index contributed by atoms with van der Waals surface area (Å²) in [6.45, 7) is 0. The molecule has 0 unspecified atom stereocenters. The molecule has 1 saturated carbocycles. The largest absolute Gasteiger partial charge is 0.465 e. The molecule has 1 fully saturated rings. The Morgan fingerprint density at radius 3 is 2.70 bits per heavy atom. The zero-order chi connectivity index (χ0) is 16.6. The number of hydrogen-bond donors (Lipinski definition) is 3. The third-order valence-corrected chi connectivity index (χ3v) is 4.32. The van der Waals surface area contributed by atoms with Crippen LogP contribution in [0.1, 0.15) is 31.7 Å². The van der Waals surface area contributed by atoms with Crippen molar-refractivity contribution in [3.05, 3.63) is 38.0 Å². The summed E-state index contributed by atoms with van der Waals surface area (Å²) >= 11 is 5.88. The average molecular weight is 339 g/mol. The van der Waals surface area contributed by atoms with Crippen molar-refractivity contribution in [1.29, 1.82) is 0 Å². The van der Waals surface area contributed by atoms with E-state index in [1.54, 1.807) is 6.07 Å². The van der Waals surface area contributed by atoms with Gasteiger partial charge in [0.05, 0.1) is 10.5 Å². The van der Waals surface area contributed by atoms with Crippen molar-refractivity contribution >= 4 is 28.9 Å². The van der Waals surface area contributed by atoms with Crippen molar-refractivity contribution in [1.82, 2.24) is 19.9 Å². The maximum Gasteiger partial charge on any atom is 0.404 e. The molecule has 9 heteroatoms. The Balaban J connectivity index is 1.97. The number of carboxylic acid groups (broad SMARTS) is 1. The predicted octanol–water partition coefficient (Wildman–Crippen LogP) is 1.49. The number of hydrogen-bond acceptors (Lipinski definition) is 4. The fourth-order valence-corrected chi connectivity index (χ4v) is 3.25. The lowest BCUT2D eigenvalue weighted by Crippen LogP contribution is -2.42. The molecule has 2 heterocycles. The van der Waals surface area contributed by atoms with Crippen LogP contribution in [0.3, 0.4) is 0 Å². The molecule has 122 valence electrons. The van der Waals surface area contributed by atoms with Crippen molar-refractivity contribution in [2.75, 3.05) is 0 Å². The number of amides is 1. The Morgan fingerprint density at radius 1 is 1.35 bits per heavy atom. The molecule has 8 nitrogen and oxygen atoms in total. The number of pyridine rings is 1. The normalized spacial score (nSPS) is 21.3. The van der Waals surface area contributed by atoms with Crippen LogP contribution in [0.15, 0.2) is 21.9 Å². The fraction of sp³-hybridized carbons (Fsp3) is 0.429. The molecule has 3 N–H and O–H groups in total. The van der Waals surface area contributed by atoms with Crippen molar-refractivity contribution in [3.63, 3.8) is 0 Å². The summed E-state index contributed by atoms with van der Waals surface area (Å²) in [5.41, 5.74) is -0.573. The molecule has 0 saturated heterocycles. The molecule has 1 aliphatic rings. The Morgan fingerprint density at radius 2 is 2.04 bits per heavy atom. The second kappa shape index (κ2) is 6.04. The summed E-state index contributed by atoms with van der Waals surface area (Å²) in [4.78, 5) is 41.5. The quantitative estimate of drug-likeness (QED) is 0.717. The molecule has 1 aliphatic carbocycles. The standard InChI is InChI=1S/C14H15ClN4O4/c15-7-5-10-11(16-6-7)19(13(21)12(20)18-10)9-3-1-8(2-4-9)17-14(22)23/h5-6,8-9,17H,1-4H2,(H,18,20)(H,22,23). The predicted molar refractivity (Wildman–Crippen MR) is 84.1 cm³/mol. The maximum absolute atomic E-state index is 12.3. The minimum Gasteiger partial charge on any atom is -0.465 e. The van der Waals surface area contributed by atoms with Crippen LogP contribution in [0, 0.1) is 0 Å². The number of halogens is 1. The lowest BCUT2D eigenvalue weighted by Gasteiger charge is -2.29. The number of nitrogens with one attached hydrogen (secondary N) is 2. The topological polar surface area (TPSA) is 117 Å². The minimum absolute atomic E-state index is 0.130. The van der Waals surface area contributed by atoms with E-state index in [1.807, 2.05) is 0 Å². The second-order valence-corrected chi connectivity index (χ2v) is 6.05. The van der Waals surface area contributed by atoms with Crippen LogP contribution in [0.2, 0.25) is 5.02 Å². The van der Waals surface area contributed by atoms with Gasteiger partial charge < -0.3 is 15.4 Å². The van der Waals surface area contributed by atoms with E-state index in [0.717, 1.165) is 0 Å². The molecule has 0 spiro atoms. The first-order valence-corrected chi connectivity index (χ1v) is 7.63. The van der Waals surface area contributed by atoms with Crippen LogP contribution < -0.4 is 16.4 Å². The first-order chi connectivity index (χ1) is 11.0. The molecule has 1 amide bonds. The van der Waals surface area contributed by atoms with Gasteiger partial charge in [0.15, 0.2) is 5.65 Å². The number of nitrogens with zero attached hydrogens (tertiary/aromatic N) is 2. The van der Waals surface area contributed by atoms with Crippen LogP contribution >= 0.6 is 11.6 Å². The van der Waals surface area contributed by atoms with Gasteiger partial charge >= 0.3 is 17.2 Å². The van der Waals surface area contributed by atoms with E-state index in [2.05, 4.69) is 15.3 Å². The number of aromatic nitrogens is 3. The molecule has 3 rings (SSSR count). The van der Waals surface area contributed by atoms with E-state index in [1.165, 1.54) is 10.8 Å². The number of fused-ring (bicyclic) bond motifs is 1. The zero-order valence-electron chi connectivity index (χ0n) is 12.1. The van der Waals surface area contributed by atoms with Gasteiger partial charge in [0, 0.05) is 18.3 Å². The summed E-state index contributed by atoms with van der Waals surface area (Å²) in [7, 11) is 0. The number of aromatic amines is 1. The fourth-order valence-electron chi connectivity index (χ4n) is 3.09. The molecular weight excluding hydrogens is 324 g/mol. The second-order valence-electron chi connectivity index (χ2n) is 5.61. The highest BCUT2D eigenvalue weighted by Gasteiger charge is 2.26.